The molecule has 2 aromatic heterocycles. The van der Waals surface area contributed by atoms with E-state index in [0.29, 0.717) is 11.1 Å². The van der Waals surface area contributed by atoms with E-state index >= 15 is 4.39 Å². The zero-order chi connectivity index (χ0) is 22.7. The van der Waals surface area contributed by atoms with Crippen LogP contribution in [0.5, 0.6) is 0 Å². The lowest BCUT2D eigenvalue weighted by atomic mass is 9.92. The maximum Gasteiger partial charge on any atom is 0.261 e. The predicted molar refractivity (Wildman–Crippen MR) is 116 cm³/mol. The standard InChI is InChI=1S/C23H22F3N5O/c24-19(17-4-2-1-3-16(17)14-7-11-28-12-8-14)21-30-20(18(13-27)22(32)31-21)29-15-5-9-23(25,26)10-6-15/h1-4,7-8,11-13,15,19,27H,5-6,9-10H2,(H2,29,30,31,32). The van der Waals surface area contributed by atoms with Gasteiger partial charge in [0, 0.05) is 43.1 Å². The van der Waals surface area contributed by atoms with Crippen LogP contribution in [0.2, 0.25) is 0 Å². The van der Waals surface area contributed by atoms with E-state index < -0.39 is 17.7 Å². The summed E-state index contributed by atoms with van der Waals surface area (Å²) in [5.41, 5.74) is 0.967. The maximum absolute atomic E-state index is 15.7. The summed E-state index contributed by atoms with van der Waals surface area (Å²) in [7, 11) is 0. The minimum absolute atomic E-state index is 0.0259. The maximum atomic E-state index is 15.7. The van der Waals surface area contributed by atoms with Crippen LogP contribution in [0.1, 0.15) is 48.8 Å². The molecule has 6 nitrogen and oxygen atoms in total. The Bertz CT molecular complexity index is 1160. The number of hydrogen-bond acceptors (Lipinski definition) is 5. The third kappa shape index (κ3) is 4.56. The van der Waals surface area contributed by atoms with Crippen molar-refractivity contribution in [3.05, 3.63) is 76.1 Å². The zero-order valence-electron chi connectivity index (χ0n) is 17.1. The van der Waals surface area contributed by atoms with Crippen LogP contribution in [0, 0.1) is 5.41 Å². The first-order valence-corrected chi connectivity index (χ1v) is 10.3. The van der Waals surface area contributed by atoms with Crippen molar-refractivity contribution in [3.8, 4) is 11.1 Å². The number of halogens is 3. The van der Waals surface area contributed by atoms with Crippen molar-refractivity contribution in [2.45, 2.75) is 43.8 Å². The molecule has 1 atom stereocenters. The van der Waals surface area contributed by atoms with Crippen molar-refractivity contribution in [1.29, 1.82) is 5.41 Å². The van der Waals surface area contributed by atoms with E-state index in [0.717, 1.165) is 11.8 Å². The molecule has 0 radical (unpaired) electrons. The Balaban J connectivity index is 1.68. The molecule has 1 aliphatic carbocycles. The summed E-state index contributed by atoms with van der Waals surface area (Å²) in [5.74, 6) is -2.89. The second-order valence-electron chi connectivity index (χ2n) is 7.82. The second kappa shape index (κ2) is 8.94. The fourth-order valence-electron chi connectivity index (χ4n) is 3.90. The molecule has 1 saturated carbocycles. The molecule has 3 aromatic rings. The van der Waals surface area contributed by atoms with Crippen molar-refractivity contribution >= 4 is 12.0 Å². The molecule has 2 heterocycles. The number of H-pyrrole nitrogens is 1. The first-order valence-electron chi connectivity index (χ1n) is 10.3. The molecule has 0 amide bonds. The highest BCUT2D eigenvalue weighted by molar-refractivity contribution is 5.83. The molecule has 3 N–H and O–H groups in total. The predicted octanol–water partition coefficient (Wildman–Crippen LogP) is 4.88. The average molecular weight is 441 g/mol. The summed E-state index contributed by atoms with van der Waals surface area (Å²) in [6.07, 6.45) is 2.13. The van der Waals surface area contributed by atoms with Gasteiger partial charge in [0.25, 0.3) is 5.56 Å². The highest BCUT2D eigenvalue weighted by Gasteiger charge is 2.35. The molecule has 1 aliphatic rings. The fourth-order valence-corrected chi connectivity index (χ4v) is 3.90. The summed E-state index contributed by atoms with van der Waals surface area (Å²) >= 11 is 0. The second-order valence-corrected chi connectivity index (χ2v) is 7.82. The number of nitrogens with zero attached hydrogens (tertiary/aromatic N) is 2. The van der Waals surface area contributed by atoms with Gasteiger partial charge in [-0.1, -0.05) is 24.3 Å². The molecule has 1 fully saturated rings. The minimum atomic E-state index is -2.70. The molecule has 0 aliphatic heterocycles. The van der Waals surface area contributed by atoms with Crippen LogP contribution < -0.4 is 10.9 Å². The third-order valence-corrected chi connectivity index (χ3v) is 5.64. The van der Waals surface area contributed by atoms with E-state index in [2.05, 4.69) is 20.3 Å². The van der Waals surface area contributed by atoms with Gasteiger partial charge in [-0.05, 0) is 36.1 Å². The Morgan fingerprint density at radius 3 is 2.53 bits per heavy atom. The zero-order valence-corrected chi connectivity index (χ0v) is 17.1. The van der Waals surface area contributed by atoms with Gasteiger partial charge in [0.2, 0.25) is 5.92 Å². The third-order valence-electron chi connectivity index (χ3n) is 5.64. The summed E-state index contributed by atoms with van der Waals surface area (Å²) in [4.78, 5) is 23.2. The van der Waals surface area contributed by atoms with Gasteiger partial charge in [-0.3, -0.25) is 9.78 Å². The molecule has 1 unspecified atom stereocenters. The first-order chi connectivity index (χ1) is 15.4. The summed E-state index contributed by atoms with van der Waals surface area (Å²) in [6, 6.07) is 10.0. The van der Waals surface area contributed by atoms with Crippen molar-refractivity contribution in [1.82, 2.24) is 15.0 Å². The van der Waals surface area contributed by atoms with Gasteiger partial charge in [0.05, 0.1) is 5.56 Å². The van der Waals surface area contributed by atoms with Crippen LogP contribution in [0.3, 0.4) is 0 Å². The fraction of sp³-hybridized carbons (Fsp3) is 0.304. The van der Waals surface area contributed by atoms with Crippen LogP contribution in [0.15, 0.2) is 53.6 Å². The van der Waals surface area contributed by atoms with Crippen molar-refractivity contribution in [2.75, 3.05) is 5.32 Å². The molecule has 0 saturated heterocycles. The number of alkyl halides is 3. The van der Waals surface area contributed by atoms with Gasteiger partial charge < -0.3 is 15.7 Å². The normalized spacial score (nSPS) is 17.0. The Morgan fingerprint density at radius 2 is 1.84 bits per heavy atom. The number of aromatic amines is 1. The first kappa shape index (κ1) is 21.7. The molecule has 9 heteroatoms. The molecule has 1 aromatic carbocycles. The lowest BCUT2D eigenvalue weighted by molar-refractivity contribution is -0.0361. The number of rotatable bonds is 6. The quantitative estimate of drug-likeness (QED) is 0.475. The SMILES string of the molecule is N=Cc1c(NC2CCC(F)(F)CC2)nc(C(F)c2ccccc2-c2ccncc2)[nH]c1=O. The highest BCUT2D eigenvalue weighted by Crippen LogP contribution is 2.35. The number of nitrogens with one attached hydrogen (secondary N) is 3. The van der Waals surface area contributed by atoms with Crippen molar-refractivity contribution in [3.63, 3.8) is 0 Å². The van der Waals surface area contributed by atoms with Crippen LogP contribution >= 0.6 is 0 Å². The Labute approximate surface area is 182 Å². The highest BCUT2D eigenvalue weighted by atomic mass is 19.3. The Hall–Kier alpha value is -3.49. The molecular formula is C23H22F3N5O. The molecule has 32 heavy (non-hydrogen) atoms. The van der Waals surface area contributed by atoms with E-state index in [1.807, 2.05) is 0 Å². The number of hydrogen-bond donors (Lipinski definition) is 3. The smallest absolute Gasteiger partial charge is 0.261 e. The van der Waals surface area contributed by atoms with Gasteiger partial charge in [-0.15, -0.1) is 0 Å². The minimum Gasteiger partial charge on any atom is -0.367 e. The topological polar surface area (TPSA) is 94.5 Å². The van der Waals surface area contributed by atoms with Crippen LogP contribution in [0.25, 0.3) is 11.1 Å². The number of pyridine rings is 1. The summed E-state index contributed by atoms with van der Waals surface area (Å²) in [6.45, 7) is 0. The number of benzene rings is 1. The summed E-state index contributed by atoms with van der Waals surface area (Å²) in [5, 5.41) is 10.5. The van der Waals surface area contributed by atoms with Gasteiger partial charge in [-0.2, -0.15) is 0 Å². The molecule has 0 spiro atoms. The average Bonchev–Trinajstić information content (AvgIpc) is 2.80. The van der Waals surface area contributed by atoms with Gasteiger partial charge in [-0.25, -0.2) is 18.2 Å². The molecular weight excluding hydrogens is 419 g/mol. The summed E-state index contributed by atoms with van der Waals surface area (Å²) < 4.78 is 42.6. The van der Waals surface area contributed by atoms with Crippen molar-refractivity contribution < 1.29 is 13.2 Å². The van der Waals surface area contributed by atoms with Crippen LogP contribution in [0.4, 0.5) is 19.0 Å². The van der Waals surface area contributed by atoms with E-state index in [1.165, 1.54) is 0 Å². The monoisotopic (exact) mass is 441 g/mol. The van der Waals surface area contributed by atoms with E-state index in [1.54, 1.807) is 48.8 Å². The Morgan fingerprint density at radius 1 is 1.16 bits per heavy atom. The molecule has 0 bridgehead atoms. The largest absolute Gasteiger partial charge is 0.367 e. The van der Waals surface area contributed by atoms with Gasteiger partial charge >= 0.3 is 0 Å². The molecule has 4 rings (SSSR count). The van der Waals surface area contributed by atoms with E-state index in [9.17, 15) is 13.6 Å². The van der Waals surface area contributed by atoms with Crippen molar-refractivity contribution in [2.24, 2.45) is 0 Å². The molecule has 166 valence electrons. The van der Waals surface area contributed by atoms with E-state index in [4.69, 9.17) is 5.41 Å². The number of anilines is 1. The van der Waals surface area contributed by atoms with Crippen LogP contribution in [-0.4, -0.2) is 33.1 Å². The van der Waals surface area contributed by atoms with Gasteiger partial charge in [0.15, 0.2) is 12.0 Å². The number of aromatic nitrogens is 3. The van der Waals surface area contributed by atoms with Gasteiger partial charge in [0.1, 0.15) is 5.82 Å². The van der Waals surface area contributed by atoms with E-state index in [-0.39, 0.29) is 48.9 Å². The Kier molecular flexibility index (Phi) is 6.07. The van der Waals surface area contributed by atoms with Crippen LogP contribution in [-0.2, 0) is 0 Å². The lowest BCUT2D eigenvalue weighted by Crippen LogP contribution is -2.33. The lowest BCUT2D eigenvalue weighted by Gasteiger charge is -2.29.